The normalized spacial score (nSPS) is 9.94. The number of carbonyl (C=O) groups is 1. The minimum absolute atomic E-state index is 0.159. The highest BCUT2D eigenvalue weighted by molar-refractivity contribution is 7.18. The molecule has 0 unspecified atom stereocenters. The summed E-state index contributed by atoms with van der Waals surface area (Å²) in [5, 5.41) is 6.52. The Labute approximate surface area is 105 Å². The third-order valence-electron chi connectivity index (χ3n) is 2.06. The maximum atomic E-state index is 11.8. The van der Waals surface area contributed by atoms with Crippen LogP contribution in [0.2, 0.25) is 0 Å². The second kappa shape index (κ2) is 6.90. The first-order valence-electron chi connectivity index (χ1n) is 5.58. The van der Waals surface area contributed by atoms with Gasteiger partial charge < -0.3 is 16.4 Å². The third-order valence-corrected chi connectivity index (χ3v) is 3.09. The Bertz CT molecular complexity index is 389. The number of hydrogen-bond acceptors (Lipinski definition) is 5. The van der Waals surface area contributed by atoms with Gasteiger partial charge in [-0.25, -0.2) is 4.98 Å². The predicted octanol–water partition coefficient (Wildman–Crippen LogP) is 1.85. The van der Waals surface area contributed by atoms with Crippen LogP contribution >= 0.6 is 11.3 Å². The molecule has 0 bridgehead atoms. The summed E-state index contributed by atoms with van der Waals surface area (Å²) in [7, 11) is 0. The first-order valence-corrected chi connectivity index (χ1v) is 6.40. The average Bonchev–Trinajstić information content (AvgIpc) is 2.66. The maximum absolute atomic E-state index is 11.8. The minimum Gasteiger partial charge on any atom is -0.382 e. The molecule has 0 radical (unpaired) electrons. The van der Waals surface area contributed by atoms with Gasteiger partial charge in [-0.3, -0.25) is 4.79 Å². The monoisotopic (exact) mass is 254 g/mol. The predicted molar refractivity (Wildman–Crippen MR) is 72.5 cm³/mol. The second-order valence-corrected chi connectivity index (χ2v) is 4.45. The molecular formula is C11H18N4OS. The Morgan fingerprint density at radius 2 is 2.41 bits per heavy atom. The number of allylic oxidation sites excluding steroid dienone is 1. The van der Waals surface area contributed by atoms with Gasteiger partial charge in [-0.05, 0) is 19.8 Å². The van der Waals surface area contributed by atoms with Gasteiger partial charge in [0.05, 0.1) is 0 Å². The molecule has 0 atom stereocenters. The number of nitrogens with zero attached hydrogens (tertiary/aromatic N) is 1. The second-order valence-electron chi connectivity index (χ2n) is 3.45. The van der Waals surface area contributed by atoms with Crippen LogP contribution in [-0.2, 0) is 0 Å². The Kier molecular flexibility index (Phi) is 5.48. The van der Waals surface area contributed by atoms with Crippen molar-refractivity contribution in [3.63, 3.8) is 0 Å². The van der Waals surface area contributed by atoms with E-state index in [0.717, 1.165) is 19.4 Å². The van der Waals surface area contributed by atoms with Gasteiger partial charge >= 0.3 is 0 Å². The molecule has 0 saturated heterocycles. The fourth-order valence-electron chi connectivity index (χ4n) is 1.25. The zero-order chi connectivity index (χ0) is 12.7. The lowest BCUT2D eigenvalue weighted by atomic mass is 10.3. The quantitative estimate of drug-likeness (QED) is 0.512. The van der Waals surface area contributed by atoms with Gasteiger partial charge in [-0.2, -0.15) is 0 Å². The Morgan fingerprint density at radius 3 is 3.06 bits per heavy atom. The number of aromatic nitrogens is 1. The van der Waals surface area contributed by atoms with E-state index >= 15 is 0 Å². The topological polar surface area (TPSA) is 80.0 Å². The van der Waals surface area contributed by atoms with Gasteiger partial charge in [0.15, 0.2) is 5.13 Å². The first kappa shape index (κ1) is 13.5. The van der Waals surface area contributed by atoms with E-state index in [-0.39, 0.29) is 11.7 Å². The molecule has 1 rings (SSSR count). The number of rotatable bonds is 7. The van der Waals surface area contributed by atoms with Crippen molar-refractivity contribution in [3.05, 3.63) is 17.5 Å². The van der Waals surface area contributed by atoms with E-state index < -0.39 is 0 Å². The minimum atomic E-state index is -0.159. The van der Waals surface area contributed by atoms with E-state index in [0.29, 0.717) is 16.6 Å². The number of thiazole rings is 1. The number of amides is 1. The maximum Gasteiger partial charge on any atom is 0.265 e. The summed E-state index contributed by atoms with van der Waals surface area (Å²) in [4.78, 5) is 16.3. The third kappa shape index (κ3) is 4.07. The van der Waals surface area contributed by atoms with Gasteiger partial charge in [0.2, 0.25) is 0 Å². The largest absolute Gasteiger partial charge is 0.382 e. The summed E-state index contributed by atoms with van der Waals surface area (Å²) in [6.45, 7) is 6.97. The zero-order valence-electron chi connectivity index (χ0n) is 9.95. The summed E-state index contributed by atoms with van der Waals surface area (Å²) < 4.78 is 0. The smallest absolute Gasteiger partial charge is 0.265 e. The molecule has 1 amide bonds. The molecule has 0 aliphatic carbocycles. The Balaban J connectivity index is 2.53. The van der Waals surface area contributed by atoms with Crippen molar-refractivity contribution in [2.24, 2.45) is 0 Å². The fraction of sp³-hybridized carbons (Fsp3) is 0.455. The molecule has 5 nitrogen and oxygen atoms in total. The molecule has 6 heteroatoms. The van der Waals surface area contributed by atoms with E-state index in [9.17, 15) is 4.79 Å². The highest BCUT2D eigenvalue weighted by Crippen LogP contribution is 2.24. The van der Waals surface area contributed by atoms with Crippen molar-refractivity contribution in [1.82, 2.24) is 10.3 Å². The van der Waals surface area contributed by atoms with Crippen molar-refractivity contribution in [2.75, 3.05) is 24.1 Å². The van der Waals surface area contributed by atoms with E-state index in [4.69, 9.17) is 5.73 Å². The fourth-order valence-corrected chi connectivity index (χ4v) is 2.12. The van der Waals surface area contributed by atoms with Crippen LogP contribution in [-0.4, -0.2) is 24.0 Å². The SMILES string of the molecule is C=CCCCNC(=O)c1sc(NCC)nc1N. The highest BCUT2D eigenvalue weighted by atomic mass is 32.1. The number of nitrogens with one attached hydrogen (secondary N) is 2. The Hall–Kier alpha value is -1.56. The van der Waals surface area contributed by atoms with E-state index in [2.05, 4.69) is 22.2 Å². The van der Waals surface area contributed by atoms with E-state index in [1.54, 1.807) is 0 Å². The number of carbonyl (C=O) groups excluding carboxylic acids is 1. The van der Waals surface area contributed by atoms with Crippen molar-refractivity contribution >= 4 is 28.2 Å². The molecule has 1 aromatic heterocycles. The van der Waals surface area contributed by atoms with Crippen LogP contribution in [0.25, 0.3) is 0 Å². The summed E-state index contributed by atoms with van der Waals surface area (Å²) in [5.41, 5.74) is 5.69. The molecular weight excluding hydrogens is 236 g/mol. The van der Waals surface area contributed by atoms with Crippen LogP contribution in [0, 0.1) is 0 Å². The molecule has 0 aliphatic rings. The molecule has 0 aromatic carbocycles. The highest BCUT2D eigenvalue weighted by Gasteiger charge is 2.15. The van der Waals surface area contributed by atoms with E-state index in [1.165, 1.54) is 11.3 Å². The van der Waals surface area contributed by atoms with Crippen molar-refractivity contribution in [2.45, 2.75) is 19.8 Å². The lowest BCUT2D eigenvalue weighted by molar-refractivity contribution is 0.0958. The lowest BCUT2D eigenvalue weighted by Gasteiger charge is -2.01. The van der Waals surface area contributed by atoms with E-state index in [1.807, 2.05) is 13.0 Å². The molecule has 94 valence electrons. The summed E-state index contributed by atoms with van der Waals surface area (Å²) >= 11 is 1.28. The first-order chi connectivity index (χ1) is 8.19. The number of nitrogens with two attached hydrogens (primary N) is 1. The average molecular weight is 254 g/mol. The number of hydrogen-bond donors (Lipinski definition) is 3. The van der Waals surface area contributed by atoms with Crippen molar-refractivity contribution in [1.29, 1.82) is 0 Å². The van der Waals surface area contributed by atoms with Crippen LogP contribution in [0.15, 0.2) is 12.7 Å². The zero-order valence-corrected chi connectivity index (χ0v) is 10.8. The van der Waals surface area contributed by atoms with Crippen LogP contribution < -0.4 is 16.4 Å². The number of nitrogen functional groups attached to an aromatic ring is 1. The molecule has 17 heavy (non-hydrogen) atoms. The van der Waals surface area contributed by atoms with Crippen LogP contribution in [0.3, 0.4) is 0 Å². The molecule has 0 fully saturated rings. The number of unbranched alkanes of at least 4 members (excludes halogenated alkanes) is 1. The molecule has 4 N–H and O–H groups in total. The van der Waals surface area contributed by atoms with Gasteiger partial charge in [0, 0.05) is 13.1 Å². The van der Waals surface area contributed by atoms with Crippen molar-refractivity contribution in [3.8, 4) is 0 Å². The summed E-state index contributed by atoms with van der Waals surface area (Å²) in [6, 6.07) is 0. The molecule has 0 saturated carbocycles. The van der Waals surface area contributed by atoms with Crippen LogP contribution in [0.1, 0.15) is 29.4 Å². The van der Waals surface area contributed by atoms with Crippen molar-refractivity contribution < 1.29 is 4.79 Å². The summed E-state index contributed by atoms with van der Waals surface area (Å²) in [5.74, 6) is 0.125. The van der Waals surface area contributed by atoms with Crippen LogP contribution in [0.4, 0.5) is 10.9 Å². The number of anilines is 2. The van der Waals surface area contributed by atoms with Gasteiger partial charge in [-0.15, -0.1) is 6.58 Å². The standard InChI is InChI=1S/C11H18N4OS/c1-3-5-6-7-14-10(16)8-9(12)15-11(17-8)13-4-2/h3H,1,4-7,12H2,2H3,(H,13,15)(H,14,16). The molecule has 1 heterocycles. The molecule has 0 aliphatic heterocycles. The molecule has 1 aromatic rings. The summed E-state index contributed by atoms with van der Waals surface area (Å²) in [6.07, 6.45) is 3.60. The Morgan fingerprint density at radius 1 is 1.65 bits per heavy atom. The van der Waals surface area contributed by atoms with Crippen LogP contribution in [0.5, 0.6) is 0 Å². The molecule has 0 spiro atoms. The lowest BCUT2D eigenvalue weighted by Crippen LogP contribution is -2.24. The van der Waals surface area contributed by atoms with Gasteiger partial charge in [-0.1, -0.05) is 17.4 Å². The van der Waals surface area contributed by atoms with Gasteiger partial charge in [0.1, 0.15) is 10.7 Å². The van der Waals surface area contributed by atoms with Gasteiger partial charge in [0.25, 0.3) is 5.91 Å².